The molecule has 108 valence electrons. The second-order valence-corrected chi connectivity index (χ2v) is 4.44. The minimum absolute atomic E-state index is 0.332. The molecule has 0 bridgehead atoms. The number of carbonyl (C=O) groups is 2. The van der Waals surface area contributed by atoms with E-state index in [0.29, 0.717) is 16.8 Å². The average molecular weight is 288 g/mol. The molecular formula is C14H12N2O5. The maximum Gasteiger partial charge on any atom is 0.307 e. The van der Waals surface area contributed by atoms with Crippen molar-refractivity contribution in [3.63, 3.8) is 0 Å². The van der Waals surface area contributed by atoms with Crippen LogP contribution >= 0.6 is 0 Å². The summed E-state index contributed by atoms with van der Waals surface area (Å²) >= 11 is 0. The van der Waals surface area contributed by atoms with Crippen LogP contribution in [0.5, 0.6) is 0 Å². The second-order valence-electron chi connectivity index (χ2n) is 4.44. The lowest BCUT2D eigenvalue weighted by Gasteiger charge is -2.17. The number of carboxylic acids is 1. The predicted molar refractivity (Wildman–Crippen MR) is 70.4 cm³/mol. The van der Waals surface area contributed by atoms with Gasteiger partial charge in [0, 0.05) is 12.5 Å². The van der Waals surface area contributed by atoms with Gasteiger partial charge < -0.3 is 14.7 Å². The van der Waals surface area contributed by atoms with Crippen LogP contribution in [0.1, 0.15) is 24.5 Å². The molecule has 0 amide bonds. The van der Waals surface area contributed by atoms with Crippen LogP contribution in [0.25, 0.3) is 0 Å². The molecule has 1 N–H and O–H groups in total. The van der Waals surface area contributed by atoms with Gasteiger partial charge in [0.1, 0.15) is 5.71 Å². The third kappa shape index (κ3) is 3.36. The van der Waals surface area contributed by atoms with E-state index < -0.39 is 24.1 Å². The Kier molecular flexibility index (Phi) is 4.18. The summed E-state index contributed by atoms with van der Waals surface area (Å²) in [5.41, 5.74) is 1.42. The van der Waals surface area contributed by atoms with Crippen molar-refractivity contribution in [1.82, 2.24) is 0 Å². The smallest absolute Gasteiger partial charge is 0.307 e. The van der Waals surface area contributed by atoms with Crippen molar-refractivity contribution in [3.05, 3.63) is 35.4 Å². The van der Waals surface area contributed by atoms with Crippen LogP contribution in [0.4, 0.5) is 0 Å². The first kappa shape index (κ1) is 14.5. The monoisotopic (exact) mass is 288 g/mol. The van der Waals surface area contributed by atoms with Gasteiger partial charge in [-0.2, -0.15) is 5.26 Å². The number of benzene rings is 1. The van der Waals surface area contributed by atoms with Gasteiger partial charge in [-0.15, -0.1) is 0 Å². The van der Waals surface area contributed by atoms with Gasteiger partial charge in [-0.25, -0.2) is 0 Å². The highest BCUT2D eigenvalue weighted by molar-refractivity contribution is 6.05. The lowest BCUT2D eigenvalue weighted by molar-refractivity contribution is -0.152. The first-order chi connectivity index (χ1) is 10.0. The van der Waals surface area contributed by atoms with E-state index >= 15 is 0 Å². The van der Waals surface area contributed by atoms with Crippen LogP contribution < -0.4 is 0 Å². The van der Waals surface area contributed by atoms with E-state index in [9.17, 15) is 9.59 Å². The lowest BCUT2D eigenvalue weighted by Crippen LogP contribution is -2.35. The number of esters is 1. The zero-order valence-electron chi connectivity index (χ0n) is 11.1. The van der Waals surface area contributed by atoms with Gasteiger partial charge in [0.25, 0.3) is 0 Å². The summed E-state index contributed by atoms with van der Waals surface area (Å²) in [5.74, 6) is -1.63. The van der Waals surface area contributed by atoms with Gasteiger partial charge >= 0.3 is 11.9 Å². The Labute approximate surface area is 120 Å². The number of nitriles is 1. The number of ether oxygens (including phenoxy) is 1. The van der Waals surface area contributed by atoms with Crippen LogP contribution in [-0.4, -0.2) is 35.0 Å². The van der Waals surface area contributed by atoms with Gasteiger partial charge in [0.05, 0.1) is 18.1 Å². The molecule has 1 aromatic rings. The quantitative estimate of drug-likeness (QED) is 0.830. The molecule has 7 heteroatoms. The van der Waals surface area contributed by atoms with Crippen LogP contribution in [0, 0.1) is 11.3 Å². The molecule has 21 heavy (non-hydrogen) atoms. The van der Waals surface area contributed by atoms with E-state index in [0.717, 1.165) is 0 Å². The van der Waals surface area contributed by atoms with Crippen LogP contribution in [0.3, 0.4) is 0 Å². The van der Waals surface area contributed by atoms with Crippen LogP contribution in [-0.2, 0) is 19.2 Å². The van der Waals surface area contributed by atoms with Crippen molar-refractivity contribution in [2.75, 3.05) is 0 Å². The molecule has 0 spiro atoms. The van der Waals surface area contributed by atoms with E-state index in [-0.39, 0.29) is 6.42 Å². The number of nitrogens with zero attached hydrogens (tertiary/aromatic N) is 2. The number of rotatable bonds is 4. The molecule has 0 saturated carbocycles. The summed E-state index contributed by atoms with van der Waals surface area (Å²) in [6.45, 7) is 1.23. The Balaban J connectivity index is 2.25. The summed E-state index contributed by atoms with van der Waals surface area (Å²) in [6.07, 6.45) is -2.08. The molecule has 0 aromatic heterocycles. The Morgan fingerprint density at radius 2 is 2.10 bits per heavy atom. The molecule has 1 aliphatic heterocycles. The Morgan fingerprint density at radius 3 is 2.62 bits per heavy atom. The molecule has 1 aliphatic rings. The summed E-state index contributed by atoms with van der Waals surface area (Å²) in [7, 11) is 0. The maximum atomic E-state index is 11.2. The molecule has 2 atom stereocenters. The molecule has 0 aliphatic carbocycles. The summed E-state index contributed by atoms with van der Waals surface area (Å²) < 4.78 is 5.13. The molecular weight excluding hydrogens is 276 g/mol. The molecule has 7 nitrogen and oxygen atoms in total. The number of aliphatic carboxylic acids is 1. The molecule has 1 heterocycles. The molecule has 0 radical (unpaired) electrons. The van der Waals surface area contributed by atoms with Gasteiger partial charge in [0.2, 0.25) is 0 Å². The Bertz CT molecular complexity index is 630. The third-order valence-corrected chi connectivity index (χ3v) is 2.87. The van der Waals surface area contributed by atoms with Crippen molar-refractivity contribution in [2.24, 2.45) is 5.16 Å². The third-order valence-electron chi connectivity index (χ3n) is 2.87. The van der Waals surface area contributed by atoms with E-state index in [4.69, 9.17) is 19.9 Å². The zero-order chi connectivity index (χ0) is 15.4. The number of oxime groups is 1. The van der Waals surface area contributed by atoms with Crippen molar-refractivity contribution >= 4 is 17.7 Å². The minimum Gasteiger partial charge on any atom is -0.481 e. The molecule has 2 rings (SSSR count). The average Bonchev–Trinajstić information content (AvgIpc) is 2.80. The Hall–Kier alpha value is -2.88. The standard InChI is InChI=1S/C14H12N2O5/c1-8(17)20-14-11(6-12(18)19)21-16-13(14)10-4-2-9(7-15)3-5-10/h2-5,11,14H,6H2,1H3,(H,18,19)/t11-,14-/m1/s1. The number of hydrogen-bond acceptors (Lipinski definition) is 6. The second kappa shape index (κ2) is 6.05. The Morgan fingerprint density at radius 1 is 1.43 bits per heavy atom. The van der Waals surface area contributed by atoms with Crippen LogP contribution in [0.2, 0.25) is 0 Å². The topological polar surface area (TPSA) is 109 Å². The lowest BCUT2D eigenvalue weighted by atomic mass is 9.99. The molecule has 1 aromatic carbocycles. The number of carbonyl (C=O) groups excluding carboxylic acids is 1. The summed E-state index contributed by atoms with van der Waals surface area (Å²) in [5, 5.41) is 21.4. The van der Waals surface area contributed by atoms with E-state index in [2.05, 4.69) is 5.16 Å². The largest absolute Gasteiger partial charge is 0.481 e. The summed E-state index contributed by atoms with van der Waals surface area (Å²) in [6, 6.07) is 8.45. The number of carboxylic acid groups (broad SMARTS) is 1. The normalized spacial score (nSPS) is 20.1. The van der Waals surface area contributed by atoms with Gasteiger partial charge in [0.15, 0.2) is 12.2 Å². The van der Waals surface area contributed by atoms with Crippen molar-refractivity contribution < 1.29 is 24.3 Å². The number of hydrogen-bond donors (Lipinski definition) is 1. The minimum atomic E-state index is -1.08. The van der Waals surface area contributed by atoms with Gasteiger partial charge in [-0.3, -0.25) is 9.59 Å². The van der Waals surface area contributed by atoms with E-state index in [1.54, 1.807) is 24.3 Å². The maximum absolute atomic E-state index is 11.2. The van der Waals surface area contributed by atoms with E-state index in [1.807, 2.05) is 6.07 Å². The molecule has 0 fully saturated rings. The first-order valence-corrected chi connectivity index (χ1v) is 6.14. The van der Waals surface area contributed by atoms with E-state index in [1.165, 1.54) is 6.92 Å². The zero-order valence-corrected chi connectivity index (χ0v) is 11.1. The SMILES string of the molecule is CC(=O)O[C@H]1C(c2ccc(C#N)cc2)=NO[C@@H]1CC(=O)O. The van der Waals surface area contributed by atoms with Gasteiger partial charge in [-0.05, 0) is 12.1 Å². The highest BCUT2D eigenvalue weighted by atomic mass is 16.7. The van der Waals surface area contributed by atoms with Crippen molar-refractivity contribution in [2.45, 2.75) is 25.6 Å². The fourth-order valence-corrected chi connectivity index (χ4v) is 1.97. The first-order valence-electron chi connectivity index (χ1n) is 6.14. The predicted octanol–water partition coefficient (Wildman–Crippen LogP) is 1.07. The highest BCUT2D eigenvalue weighted by Crippen LogP contribution is 2.23. The molecule has 0 unspecified atom stereocenters. The van der Waals surface area contributed by atoms with Crippen LogP contribution in [0.15, 0.2) is 29.4 Å². The van der Waals surface area contributed by atoms with Crippen molar-refractivity contribution in [1.29, 1.82) is 5.26 Å². The molecule has 0 saturated heterocycles. The van der Waals surface area contributed by atoms with Crippen molar-refractivity contribution in [3.8, 4) is 6.07 Å². The fourth-order valence-electron chi connectivity index (χ4n) is 1.97. The fraction of sp³-hybridized carbons (Fsp3) is 0.286. The summed E-state index contributed by atoms with van der Waals surface area (Å²) in [4.78, 5) is 27.1. The van der Waals surface area contributed by atoms with Gasteiger partial charge in [-0.1, -0.05) is 17.3 Å². The highest BCUT2D eigenvalue weighted by Gasteiger charge is 2.39.